The van der Waals surface area contributed by atoms with Crippen LogP contribution in [0.3, 0.4) is 0 Å². The molecule has 2 aromatic carbocycles. The van der Waals surface area contributed by atoms with Gasteiger partial charge in [-0.05, 0) is 43.0 Å². The molecule has 0 spiro atoms. The van der Waals surface area contributed by atoms with Crippen LogP contribution in [0, 0.1) is 6.92 Å². The summed E-state index contributed by atoms with van der Waals surface area (Å²) in [5.41, 5.74) is 4.20. The van der Waals surface area contributed by atoms with Gasteiger partial charge in [-0.25, -0.2) is 0 Å². The van der Waals surface area contributed by atoms with Crippen molar-refractivity contribution in [2.45, 2.75) is 19.8 Å². The second-order valence-electron chi connectivity index (χ2n) is 5.79. The lowest BCUT2D eigenvalue weighted by Crippen LogP contribution is -2.35. The summed E-state index contributed by atoms with van der Waals surface area (Å²) < 4.78 is 5.75. The Balaban J connectivity index is 1.78. The third kappa shape index (κ3) is 2.01. The molecular weight excluding hydrogens is 274 g/mol. The van der Waals surface area contributed by atoms with Crippen molar-refractivity contribution in [1.82, 2.24) is 0 Å². The molecule has 110 valence electrons. The van der Waals surface area contributed by atoms with Crippen LogP contribution in [-0.2, 0) is 6.42 Å². The zero-order valence-electron chi connectivity index (χ0n) is 12.5. The number of benzene rings is 2. The van der Waals surface area contributed by atoms with Gasteiger partial charge >= 0.3 is 0 Å². The van der Waals surface area contributed by atoms with E-state index >= 15 is 0 Å². The maximum atomic E-state index is 12.9. The third-order valence-electron chi connectivity index (χ3n) is 4.30. The minimum Gasteiger partial charge on any atom is -0.451 e. The number of hydrogen-bond donors (Lipinski definition) is 0. The molecule has 4 rings (SSSR count). The molecule has 0 saturated heterocycles. The summed E-state index contributed by atoms with van der Waals surface area (Å²) >= 11 is 0. The molecule has 22 heavy (non-hydrogen) atoms. The van der Waals surface area contributed by atoms with Crippen LogP contribution in [0.5, 0.6) is 0 Å². The Morgan fingerprint density at radius 3 is 2.86 bits per heavy atom. The molecule has 2 heterocycles. The van der Waals surface area contributed by atoms with Gasteiger partial charge in [0.15, 0.2) is 5.76 Å². The molecule has 0 fully saturated rings. The van der Waals surface area contributed by atoms with Crippen LogP contribution in [0.1, 0.15) is 28.1 Å². The minimum absolute atomic E-state index is 0.0496. The van der Waals surface area contributed by atoms with Crippen molar-refractivity contribution in [2.24, 2.45) is 0 Å². The van der Waals surface area contributed by atoms with Crippen LogP contribution in [0.15, 0.2) is 52.9 Å². The second-order valence-corrected chi connectivity index (χ2v) is 5.79. The largest absolute Gasteiger partial charge is 0.451 e. The van der Waals surface area contributed by atoms with Crippen molar-refractivity contribution >= 4 is 22.6 Å². The van der Waals surface area contributed by atoms with Crippen LogP contribution < -0.4 is 4.90 Å². The summed E-state index contributed by atoms with van der Waals surface area (Å²) in [5.74, 6) is 0.365. The quantitative estimate of drug-likeness (QED) is 0.668. The van der Waals surface area contributed by atoms with E-state index in [0.717, 1.165) is 41.6 Å². The number of amides is 1. The average molecular weight is 291 g/mol. The van der Waals surface area contributed by atoms with Crippen molar-refractivity contribution in [3.8, 4) is 0 Å². The van der Waals surface area contributed by atoms with E-state index in [-0.39, 0.29) is 5.91 Å². The molecule has 1 aliphatic rings. The molecule has 0 atom stereocenters. The number of hydrogen-bond acceptors (Lipinski definition) is 2. The number of carbonyl (C=O) groups is 1. The molecule has 1 aromatic heterocycles. The molecule has 0 unspecified atom stereocenters. The molecule has 0 aliphatic carbocycles. The number of anilines is 1. The predicted molar refractivity (Wildman–Crippen MR) is 87.4 cm³/mol. The lowest BCUT2D eigenvalue weighted by atomic mass is 9.98. The maximum Gasteiger partial charge on any atom is 0.294 e. The topological polar surface area (TPSA) is 33.5 Å². The van der Waals surface area contributed by atoms with Crippen LogP contribution >= 0.6 is 0 Å². The number of fused-ring (bicyclic) bond motifs is 2. The van der Waals surface area contributed by atoms with E-state index in [0.29, 0.717) is 5.76 Å². The summed E-state index contributed by atoms with van der Waals surface area (Å²) in [5, 5.41) is 0.966. The Kier molecular flexibility index (Phi) is 3.00. The first-order valence-corrected chi connectivity index (χ1v) is 7.63. The number of nitrogens with zero attached hydrogens (tertiary/aromatic N) is 1. The minimum atomic E-state index is -0.0496. The first-order valence-electron chi connectivity index (χ1n) is 7.63. The lowest BCUT2D eigenvalue weighted by Gasteiger charge is -2.30. The molecule has 0 saturated carbocycles. The molecule has 0 bridgehead atoms. The first kappa shape index (κ1) is 13.1. The number of furan rings is 1. The van der Waals surface area contributed by atoms with E-state index in [1.807, 2.05) is 35.2 Å². The Bertz CT molecular complexity index is 830. The van der Waals surface area contributed by atoms with E-state index < -0.39 is 0 Å². The summed E-state index contributed by atoms with van der Waals surface area (Å²) in [6, 6.07) is 15.8. The van der Waals surface area contributed by atoms with Gasteiger partial charge in [-0.15, -0.1) is 0 Å². The van der Waals surface area contributed by atoms with Crippen molar-refractivity contribution in [3.05, 3.63) is 65.4 Å². The van der Waals surface area contributed by atoms with Gasteiger partial charge in [0.2, 0.25) is 0 Å². The fourth-order valence-electron chi connectivity index (χ4n) is 3.27. The molecule has 3 nitrogen and oxygen atoms in total. The predicted octanol–water partition coefficient (Wildman–Crippen LogP) is 4.33. The standard InChI is InChI=1S/C19H17NO2/c1-13-6-4-8-14-9-5-11-20(18(13)14)19(21)17-12-15-7-2-3-10-16(15)22-17/h2-4,6-8,10,12H,5,9,11H2,1H3. The second kappa shape index (κ2) is 5.02. The highest BCUT2D eigenvalue weighted by molar-refractivity contribution is 6.07. The summed E-state index contributed by atoms with van der Waals surface area (Å²) in [6.45, 7) is 2.80. The lowest BCUT2D eigenvalue weighted by molar-refractivity contribution is 0.0960. The monoisotopic (exact) mass is 291 g/mol. The van der Waals surface area contributed by atoms with Crippen LogP contribution in [-0.4, -0.2) is 12.5 Å². The number of carbonyl (C=O) groups excluding carboxylic acids is 1. The SMILES string of the molecule is Cc1cccc2c1N(C(=O)c1cc3ccccc3o1)CCC2. The zero-order chi connectivity index (χ0) is 15.1. The Hall–Kier alpha value is -2.55. The summed E-state index contributed by atoms with van der Waals surface area (Å²) in [4.78, 5) is 14.8. The van der Waals surface area contributed by atoms with Crippen LogP contribution in [0.4, 0.5) is 5.69 Å². The van der Waals surface area contributed by atoms with Gasteiger partial charge in [0.1, 0.15) is 5.58 Å². The van der Waals surface area contributed by atoms with Gasteiger partial charge in [0.05, 0.1) is 5.69 Å². The third-order valence-corrected chi connectivity index (χ3v) is 4.30. The van der Waals surface area contributed by atoms with Gasteiger partial charge < -0.3 is 9.32 Å². The van der Waals surface area contributed by atoms with Gasteiger partial charge in [-0.3, -0.25) is 4.79 Å². The molecule has 1 amide bonds. The summed E-state index contributed by atoms with van der Waals surface area (Å²) in [7, 11) is 0. The molecule has 1 aliphatic heterocycles. The summed E-state index contributed by atoms with van der Waals surface area (Å²) in [6.07, 6.45) is 2.02. The normalized spacial score (nSPS) is 14.1. The fraction of sp³-hybridized carbons (Fsp3) is 0.211. The fourth-order valence-corrected chi connectivity index (χ4v) is 3.27. The molecule has 0 N–H and O–H groups in total. The number of aryl methyl sites for hydroxylation is 2. The van der Waals surface area contributed by atoms with Crippen LogP contribution in [0.25, 0.3) is 11.0 Å². The van der Waals surface area contributed by atoms with Crippen molar-refractivity contribution in [3.63, 3.8) is 0 Å². The van der Waals surface area contributed by atoms with Gasteiger partial charge in [0.25, 0.3) is 5.91 Å². The van der Waals surface area contributed by atoms with Gasteiger partial charge in [0, 0.05) is 11.9 Å². The van der Waals surface area contributed by atoms with Gasteiger partial charge in [-0.2, -0.15) is 0 Å². The van der Waals surface area contributed by atoms with Crippen molar-refractivity contribution in [2.75, 3.05) is 11.4 Å². The Morgan fingerprint density at radius 1 is 1.14 bits per heavy atom. The van der Waals surface area contributed by atoms with E-state index in [1.165, 1.54) is 5.56 Å². The number of para-hydroxylation sites is 2. The maximum absolute atomic E-state index is 12.9. The highest BCUT2D eigenvalue weighted by Crippen LogP contribution is 2.32. The van der Waals surface area contributed by atoms with E-state index in [4.69, 9.17) is 4.42 Å². The van der Waals surface area contributed by atoms with E-state index in [1.54, 1.807) is 0 Å². The molecule has 0 radical (unpaired) electrons. The van der Waals surface area contributed by atoms with Crippen molar-refractivity contribution < 1.29 is 9.21 Å². The van der Waals surface area contributed by atoms with E-state index in [9.17, 15) is 4.79 Å². The highest BCUT2D eigenvalue weighted by atomic mass is 16.3. The average Bonchev–Trinajstić information content (AvgIpc) is 2.98. The zero-order valence-corrected chi connectivity index (χ0v) is 12.5. The van der Waals surface area contributed by atoms with Gasteiger partial charge in [-0.1, -0.05) is 36.4 Å². The Labute approximate surface area is 129 Å². The molecule has 3 aromatic rings. The van der Waals surface area contributed by atoms with Crippen molar-refractivity contribution in [1.29, 1.82) is 0 Å². The molecular formula is C19H17NO2. The molecule has 3 heteroatoms. The Morgan fingerprint density at radius 2 is 2.00 bits per heavy atom. The van der Waals surface area contributed by atoms with Crippen LogP contribution in [0.2, 0.25) is 0 Å². The first-order chi connectivity index (χ1) is 10.7. The highest BCUT2D eigenvalue weighted by Gasteiger charge is 2.27. The smallest absolute Gasteiger partial charge is 0.294 e. The van der Waals surface area contributed by atoms with E-state index in [2.05, 4.69) is 25.1 Å². The number of rotatable bonds is 1.